The molecule has 0 heterocycles. The van der Waals surface area contributed by atoms with E-state index in [4.69, 9.17) is 10.5 Å². The average Bonchev–Trinajstić information content (AvgIpc) is 2.27. The highest BCUT2D eigenvalue weighted by Crippen LogP contribution is 2.22. The minimum Gasteiger partial charge on any atom is -0.489 e. The van der Waals surface area contributed by atoms with Crippen LogP contribution in [-0.4, -0.2) is 6.61 Å². The molecule has 0 atom stereocenters. The average molecular weight is 270 g/mol. The monoisotopic (exact) mass is 269 g/mol. The number of hydrogen-bond acceptors (Lipinski definition) is 2. The van der Waals surface area contributed by atoms with Gasteiger partial charge in [-0.1, -0.05) is 29.4 Å². The van der Waals surface area contributed by atoms with Crippen molar-refractivity contribution in [2.45, 2.75) is 19.9 Å². The molecule has 0 unspecified atom stereocenters. The van der Waals surface area contributed by atoms with Crippen LogP contribution in [0, 0.1) is 0 Å². The molecule has 82 valence electrons. The van der Waals surface area contributed by atoms with E-state index in [-0.39, 0.29) is 0 Å². The van der Waals surface area contributed by atoms with E-state index < -0.39 is 0 Å². The Morgan fingerprint density at radius 2 is 2.27 bits per heavy atom. The molecule has 0 aliphatic carbocycles. The summed E-state index contributed by atoms with van der Waals surface area (Å²) < 4.78 is 6.60. The number of nitrogens with two attached hydrogens (primary N) is 1. The largest absolute Gasteiger partial charge is 0.489 e. The number of halogens is 1. The molecule has 0 radical (unpaired) electrons. The molecule has 0 fully saturated rings. The van der Waals surface area contributed by atoms with Gasteiger partial charge in [0.05, 0.1) is 0 Å². The van der Waals surface area contributed by atoms with Crippen LogP contribution >= 0.6 is 15.9 Å². The number of benzene rings is 1. The molecule has 2 nitrogen and oxygen atoms in total. The predicted octanol–water partition coefficient (Wildman–Crippen LogP) is 3.25. The van der Waals surface area contributed by atoms with Crippen molar-refractivity contribution in [3.8, 4) is 5.75 Å². The zero-order valence-electron chi connectivity index (χ0n) is 8.92. The van der Waals surface area contributed by atoms with Gasteiger partial charge in [-0.2, -0.15) is 0 Å². The summed E-state index contributed by atoms with van der Waals surface area (Å²) in [5, 5.41) is 0. The molecule has 1 aromatic carbocycles. The molecule has 0 aliphatic heterocycles. The van der Waals surface area contributed by atoms with Crippen LogP contribution in [0.3, 0.4) is 0 Å². The van der Waals surface area contributed by atoms with E-state index in [2.05, 4.69) is 29.4 Å². The van der Waals surface area contributed by atoms with Gasteiger partial charge in [0, 0.05) is 11.0 Å². The van der Waals surface area contributed by atoms with Crippen LogP contribution in [-0.2, 0) is 6.54 Å². The third-order valence-electron chi connectivity index (χ3n) is 2.18. The van der Waals surface area contributed by atoms with Crippen molar-refractivity contribution in [1.29, 1.82) is 0 Å². The zero-order valence-corrected chi connectivity index (χ0v) is 10.5. The number of rotatable bonds is 5. The summed E-state index contributed by atoms with van der Waals surface area (Å²) in [6.45, 7) is 7.04. The van der Waals surface area contributed by atoms with E-state index in [1.54, 1.807) is 0 Å². The van der Waals surface area contributed by atoms with Crippen molar-refractivity contribution >= 4 is 15.9 Å². The molecule has 0 spiro atoms. The zero-order chi connectivity index (χ0) is 11.3. The lowest BCUT2D eigenvalue weighted by Crippen LogP contribution is -2.02. The molecule has 0 saturated carbocycles. The Balaban J connectivity index is 2.66. The summed E-state index contributed by atoms with van der Waals surface area (Å²) in [5.74, 6) is 0.841. The van der Waals surface area contributed by atoms with Crippen molar-refractivity contribution in [2.75, 3.05) is 6.61 Å². The van der Waals surface area contributed by atoms with Crippen molar-refractivity contribution in [3.05, 3.63) is 40.4 Å². The molecule has 1 aromatic rings. The standard InChI is InChI=1S/C12H16BrNO/c1-3-9(2)8-15-11-4-5-12(13)10(6-11)7-14/h4-6H,2-3,7-8,14H2,1H3. The first kappa shape index (κ1) is 12.3. The Morgan fingerprint density at radius 3 is 2.87 bits per heavy atom. The van der Waals surface area contributed by atoms with Crippen LogP contribution in [0.2, 0.25) is 0 Å². The number of hydrogen-bond donors (Lipinski definition) is 1. The second kappa shape index (κ2) is 5.93. The molecule has 0 aliphatic rings. The summed E-state index contributed by atoms with van der Waals surface area (Å²) in [4.78, 5) is 0. The topological polar surface area (TPSA) is 35.2 Å². The van der Waals surface area contributed by atoms with E-state index in [0.29, 0.717) is 13.2 Å². The lowest BCUT2D eigenvalue weighted by atomic mass is 10.2. The molecule has 1 rings (SSSR count). The van der Waals surface area contributed by atoms with Gasteiger partial charge in [-0.3, -0.25) is 0 Å². The molecule has 0 bridgehead atoms. The van der Waals surface area contributed by atoms with Gasteiger partial charge in [0.1, 0.15) is 12.4 Å². The summed E-state index contributed by atoms with van der Waals surface area (Å²) in [5.41, 5.74) is 7.74. The minimum atomic E-state index is 0.506. The molecule has 0 amide bonds. The predicted molar refractivity (Wildman–Crippen MR) is 67.0 cm³/mol. The Kier molecular flexibility index (Phi) is 4.85. The SMILES string of the molecule is C=C(CC)COc1ccc(Br)c(CN)c1. The third-order valence-corrected chi connectivity index (χ3v) is 2.95. The van der Waals surface area contributed by atoms with Crippen molar-refractivity contribution < 1.29 is 4.74 Å². The summed E-state index contributed by atoms with van der Waals surface area (Å²) in [7, 11) is 0. The number of ether oxygens (including phenoxy) is 1. The van der Waals surface area contributed by atoms with Gasteiger partial charge in [0.15, 0.2) is 0 Å². The Labute approximate surface area is 99.3 Å². The van der Waals surface area contributed by atoms with Gasteiger partial charge in [0.2, 0.25) is 0 Å². The Bertz CT molecular complexity index is 349. The van der Waals surface area contributed by atoms with Crippen molar-refractivity contribution in [3.63, 3.8) is 0 Å². The first-order valence-corrected chi connectivity index (χ1v) is 5.74. The van der Waals surface area contributed by atoms with Gasteiger partial charge >= 0.3 is 0 Å². The smallest absolute Gasteiger partial charge is 0.120 e. The second-order valence-corrected chi connectivity index (χ2v) is 4.20. The maximum absolute atomic E-state index is 5.60. The van der Waals surface area contributed by atoms with E-state index in [0.717, 1.165) is 27.8 Å². The van der Waals surface area contributed by atoms with Gasteiger partial charge in [-0.25, -0.2) is 0 Å². The van der Waals surface area contributed by atoms with Crippen molar-refractivity contribution in [1.82, 2.24) is 0 Å². The first-order valence-electron chi connectivity index (χ1n) is 4.95. The van der Waals surface area contributed by atoms with Crippen LogP contribution in [0.25, 0.3) is 0 Å². The van der Waals surface area contributed by atoms with Crippen LogP contribution in [0.4, 0.5) is 0 Å². The molecule has 15 heavy (non-hydrogen) atoms. The quantitative estimate of drug-likeness (QED) is 0.833. The molecule has 3 heteroatoms. The highest BCUT2D eigenvalue weighted by Gasteiger charge is 2.01. The van der Waals surface area contributed by atoms with E-state index >= 15 is 0 Å². The van der Waals surface area contributed by atoms with Crippen LogP contribution < -0.4 is 10.5 Å². The van der Waals surface area contributed by atoms with Crippen LogP contribution in [0.15, 0.2) is 34.8 Å². The minimum absolute atomic E-state index is 0.506. The highest BCUT2D eigenvalue weighted by molar-refractivity contribution is 9.10. The van der Waals surface area contributed by atoms with E-state index in [9.17, 15) is 0 Å². The summed E-state index contributed by atoms with van der Waals surface area (Å²) in [6.07, 6.45) is 0.945. The van der Waals surface area contributed by atoms with Crippen molar-refractivity contribution in [2.24, 2.45) is 5.73 Å². The van der Waals surface area contributed by atoms with Gasteiger partial charge in [-0.05, 0) is 35.8 Å². The van der Waals surface area contributed by atoms with E-state index in [1.165, 1.54) is 0 Å². The third kappa shape index (κ3) is 3.68. The fraction of sp³-hybridized carbons (Fsp3) is 0.333. The molecule has 2 N–H and O–H groups in total. The molecule has 0 aromatic heterocycles. The maximum Gasteiger partial charge on any atom is 0.120 e. The lowest BCUT2D eigenvalue weighted by molar-refractivity contribution is 0.348. The summed E-state index contributed by atoms with van der Waals surface area (Å²) in [6, 6.07) is 5.82. The van der Waals surface area contributed by atoms with Gasteiger partial charge < -0.3 is 10.5 Å². The Morgan fingerprint density at radius 1 is 1.53 bits per heavy atom. The normalized spacial score (nSPS) is 10.1. The second-order valence-electron chi connectivity index (χ2n) is 3.35. The van der Waals surface area contributed by atoms with Crippen LogP contribution in [0.5, 0.6) is 5.75 Å². The first-order chi connectivity index (χ1) is 7.17. The van der Waals surface area contributed by atoms with Gasteiger partial charge in [-0.15, -0.1) is 0 Å². The maximum atomic E-state index is 5.60. The fourth-order valence-corrected chi connectivity index (χ4v) is 1.49. The van der Waals surface area contributed by atoms with Gasteiger partial charge in [0.25, 0.3) is 0 Å². The van der Waals surface area contributed by atoms with Crippen LogP contribution in [0.1, 0.15) is 18.9 Å². The molecular weight excluding hydrogens is 254 g/mol. The summed E-state index contributed by atoms with van der Waals surface area (Å²) >= 11 is 3.43. The Hall–Kier alpha value is -0.800. The van der Waals surface area contributed by atoms with E-state index in [1.807, 2.05) is 18.2 Å². The molecule has 0 saturated heterocycles. The lowest BCUT2D eigenvalue weighted by Gasteiger charge is -2.09. The highest BCUT2D eigenvalue weighted by atomic mass is 79.9. The fourth-order valence-electron chi connectivity index (χ4n) is 1.08. The molecular formula is C12H16BrNO.